The minimum Gasteiger partial charge on any atom is -0.363 e. The number of hydrogen-bond acceptors (Lipinski definition) is 4. The van der Waals surface area contributed by atoms with E-state index in [4.69, 9.17) is 0 Å². The summed E-state index contributed by atoms with van der Waals surface area (Å²) in [4.78, 5) is 17.7. The van der Waals surface area contributed by atoms with Crippen LogP contribution in [0.15, 0.2) is 29.3 Å². The fraction of sp³-hybridized carbons (Fsp3) is 0.333. The van der Waals surface area contributed by atoms with Gasteiger partial charge in [0.15, 0.2) is 0 Å². The highest BCUT2D eigenvalue weighted by Gasteiger charge is 2.55. The highest BCUT2D eigenvalue weighted by atomic mass is 32.2. The molecule has 0 unspecified atom stereocenters. The van der Waals surface area contributed by atoms with Gasteiger partial charge in [0.1, 0.15) is 5.37 Å². The van der Waals surface area contributed by atoms with E-state index >= 15 is 0 Å². The average Bonchev–Trinajstić information content (AvgIpc) is 2.66. The van der Waals surface area contributed by atoms with Crippen molar-refractivity contribution in [1.29, 1.82) is 0 Å². The summed E-state index contributed by atoms with van der Waals surface area (Å²) < 4.78 is 0. The first kappa shape index (κ1) is 10.8. The van der Waals surface area contributed by atoms with Crippen molar-refractivity contribution in [2.24, 2.45) is 4.99 Å². The molecular formula is C12H12N2O2S. The number of amides is 1. The van der Waals surface area contributed by atoms with Gasteiger partial charge < -0.3 is 5.11 Å². The topological polar surface area (TPSA) is 52.9 Å². The van der Waals surface area contributed by atoms with Gasteiger partial charge >= 0.3 is 0 Å². The Morgan fingerprint density at radius 3 is 2.94 bits per heavy atom. The maximum Gasteiger partial charge on any atom is 0.225 e. The van der Waals surface area contributed by atoms with E-state index in [0.29, 0.717) is 5.56 Å². The maximum absolute atomic E-state index is 11.8. The summed E-state index contributed by atoms with van der Waals surface area (Å²) in [6.45, 7) is 3.36. The number of anilines is 1. The van der Waals surface area contributed by atoms with Crippen molar-refractivity contribution in [2.45, 2.75) is 24.9 Å². The third kappa shape index (κ3) is 1.29. The zero-order chi connectivity index (χ0) is 12.2. The minimum atomic E-state index is -1.28. The van der Waals surface area contributed by atoms with E-state index in [9.17, 15) is 9.90 Å². The van der Waals surface area contributed by atoms with Gasteiger partial charge in [-0.2, -0.15) is 0 Å². The van der Waals surface area contributed by atoms with Gasteiger partial charge in [0.25, 0.3) is 0 Å². The molecule has 1 N–H and O–H groups in total. The van der Waals surface area contributed by atoms with Gasteiger partial charge in [-0.3, -0.25) is 9.69 Å². The van der Waals surface area contributed by atoms with Crippen LogP contribution in [0.25, 0.3) is 0 Å². The highest BCUT2D eigenvalue weighted by Crippen LogP contribution is 2.52. The van der Waals surface area contributed by atoms with Gasteiger partial charge in [-0.25, -0.2) is 4.99 Å². The fourth-order valence-electron chi connectivity index (χ4n) is 2.45. The summed E-state index contributed by atoms with van der Waals surface area (Å²) in [5.74, 6) is -0.0734. The van der Waals surface area contributed by atoms with Crippen molar-refractivity contribution < 1.29 is 9.90 Å². The van der Waals surface area contributed by atoms with Crippen molar-refractivity contribution >= 4 is 28.4 Å². The summed E-state index contributed by atoms with van der Waals surface area (Å²) >= 11 is 1.43. The number of aliphatic hydroxyl groups is 1. The molecule has 17 heavy (non-hydrogen) atoms. The van der Waals surface area contributed by atoms with Crippen LogP contribution in [0, 0.1) is 0 Å². The Hall–Kier alpha value is -1.33. The van der Waals surface area contributed by atoms with Gasteiger partial charge in [0.2, 0.25) is 11.6 Å². The molecule has 5 heteroatoms. The molecule has 2 aliphatic rings. The summed E-state index contributed by atoms with van der Waals surface area (Å²) in [6.07, 6.45) is 0. The molecular weight excluding hydrogens is 236 g/mol. The van der Waals surface area contributed by atoms with Crippen LogP contribution in [0.3, 0.4) is 0 Å². The molecule has 0 saturated heterocycles. The fourth-order valence-corrected chi connectivity index (χ4v) is 3.67. The molecule has 1 aromatic rings. The molecule has 0 spiro atoms. The Morgan fingerprint density at radius 2 is 2.24 bits per heavy atom. The quantitative estimate of drug-likeness (QED) is 0.760. The van der Waals surface area contributed by atoms with E-state index in [-0.39, 0.29) is 11.3 Å². The van der Waals surface area contributed by atoms with Crippen molar-refractivity contribution in [1.82, 2.24) is 0 Å². The number of thioether (sulfide) groups is 1. The molecule has 1 amide bonds. The van der Waals surface area contributed by atoms with Gasteiger partial charge in [0, 0.05) is 12.5 Å². The van der Waals surface area contributed by atoms with Crippen LogP contribution in [0.1, 0.15) is 19.4 Å². The van der Waals surface area contributed by atoms with Gasteiger partial charge in [-0.15, -0.1) is 0 Å². The first-order valence-corrected chi connectivity index (χ1v) is 6.27. The van der Waals surface area contributed by atoms with Crippen molar-refractivity contribution in [3.05, 3.63) is 29.8 Å². The van der Waals surface area contributed by atoms with Crippen LogP contribution in [-0.4, -0.2) is 21.4 Å². The van der Waals surface area contributed by atoms with Gasteiger partial charge in [-0.1, -0.05) is 30.0 Å². The normalized spacial score (nSPS) is 29.9. The van der Waals surface area contributed by atoms with Crippen molar-refractivity contribution in [3.8, 4) is 0 Å². The van der Waals surface area contributed by atoms with Gasteiger partial charge in [-0.05, 0) is 13.0 Å². The second kappa shape index (κ2) is 3.34. The third-order valence-electron chi connectivity index (χ3n) is 3.09. The minimum absolute atomic E-state index is 0.0734. The van der Waals surface area contributed by atoms with Crippen LogP contribution in [0.4, 0.5) is 5.69 Å². The molecule has 3 rings (SSSR count). The lowest BCUT2D eigenvalue weighted by Gasteiger charge is -2.24. The largest absolute Gasteiger partial charge is 0.363 e. The SMILES string of the molecule is CC(=O)N1c2ccccc2[C@]2(O)N=C(C)S[C@H]12. The summed E-state index contributed by atoms with van der Waals surface area (Å²) in [5, 5.41) is 11.1. The number of fused-ring (bicyclic) bond motifs is 3. The molecule has 2 aliphatic heterocycles. The average molecular weight is 248 g/mol. The van der Waals surface area contributed by atoms with E-state index in [2.05, 4.69) is 4.99 Å². The van der Waals surface area contributed by atoms with Crippen LogP contribution in [0.2, 0.25) is 0 Å². The van der Waals surface area contributed by atoms with Crippen LogP contribution in [0.5, 0.6) is 0 Å². The first-order valence-electron chi connectivity index (χ1n) is 5.39. The zero-order valence-electron chi connectivity index (χ0n) is 9.54. The van der Waals surface area contributed by atoms with E-state index in [1.807, 2.05) is 31.2 Å². The number of para-hydroxylation sites is 1. The Kier molecular flexibility index (Phi) is 2.12. The van der Waals surface area contributed by atoms with Crippen LogP contribution in [-0.2, 0) is 10.5 Å². The lowest BCUT2D eigenvalue weighted by atomic mass is 10.1. The number of carbonyl (C=O) groups is 1. The molecule has 0 radical (unpaired) electrons. The summed E-state index contributed by atoms with van der Waals surface area (Å²) in [7, 11) is 0. The predicted molar refractivity (Wildman–Crippen MR) is 68.0 cm³/mol. The lowest BCUT2D eigenvalue weighted by molar-refractivity contribution is -0.117. The number of nitrogens with zero attached hydrogens (tertiary/aromatic N) is 2. The second-order valence-corrected chi connectivity index (χ2v) is 5.51. The standard InChI is InChI=1S/C12H12N2O2S/c1-7-13-12(16)9-5-3-4-6-10(9)14(8(2)15)11(12)17-7/h3-6,11,16H,1-2H3/t11-,12+/m0/s1. The zero-order valence-corrected chi connectivity index (χ0v) is 10.4. The Labute approximate surface area is 103 Å². The smallest absolute Gasteiger partial charge is 0.225 e. The van der Waals surface area contributed by atoms with Crippen molar-refractivity contribution in [2.75, 3.05) is 4.90 Å². The number of aliphatic imine (C=N–C) groups is 1. The molecule has 0 aliphatic carbocycles. The molecule has 2 atom stereocenters. The van der Waals surface area contributed by atoms with Crippen LogP contribution >= 0.6 is 11.8 Å². The van der Waals surface area contributed by atoms with Crippen molar-refractivity contribution in [3.63, 3.8) is 0 Å². The van der Waals surface area contributed by atoms with E-state index in [1.165, 1.54) is 18.7 Å². The third-order valence-corrected chi connectivity index (χ3v) is 4.28. The second-order valence-electron chi connectivity index (χ2n) is 4.23. The molecule has 0 fully saturated rings. The Bertz CT molecular complexity index is 543. The summed E-state index contributed by atoms with van der Waals surface area (Å²) in [5.41, 5.74) is 0.192. The first-order chi connectivity index (χ1) is 8.04. The molecule has 4 nitrogen and oxygen atoms in total. The van der Waals surface area contributed by atoms with E-state index < -0.39 is 5.72 Å². The molecule has 1 aromatic carbocycles. The van der Waals surface area contributed by atoms with Gasteiger partial charge in [0.05, 0.1) is 10.7 Å². The number of hydrogen-bond donors (Lipinski definition) is 1. The predicted octanol–water partition coefficient (Wildman–Crippen LogP) is 1.69. The molecule has 0 bridgehead atoms. The lowest BCUT2D eigenvalue weighted by Crippen LogP contribution is -2.41. The maximum atomic E-state index is 11.8. The number of carbonyl (C=O) groups excluding carboxylic acids is 1. The molecule has 2 heterocycles. The Morgan fingerprint density at radius 1 is 1.53 bits per heavy atom. The number of rotatable bonds is 0. The number of benzene rings is 1. The monoisotopic (exact) mass is 248 g/mol. The molecule has 0 aromatic heterocycles. The van der Waals surface area contributed by atoms with E-state index in [0.717, 1.165) is 10.7 Å². The highest BCUT2D eigenvalue weighted by molar-refractivity contribution is 8.14. The molecule has 88 valence electrons. The summed E-state index contributed by atoms with van der Waals surface area (Å²) in [6, 6.07) is 7.39. The Balaban J connectivity index is 2.24. The van der Waals surface area contributed by atoms with Crippen LogP contribution < -0.4 is 4.90 Å². The molecule has 0 saturated carbocycles. The van der Waals surface area contributed by atoms with E-state index in [1.54, 1.807) is 4.90 Å².